The van der Waals surface area contributed by atoms with Gasteiger partial charge in [0.2, 0.25) is 24.0 Å². The smallest absolute Gasteiger partial charge is 0.410 e. The van der Waals surface area contributed by atoms with Gasteiger partial charge < -0.3 is 59.8 Å². The Balaban J connectivity index is 1.05. The van der Waals surface area contributed by atoms with E-state index in [0.717, 1.165) is 22.4 Å². The van der Waals surface area contributed by atoms with Gasteiger partial charge in [-0.15, -0.1) is 0 Å². The van der Waals surface area contributed by atoms with E-state index in [1.807, 2.05) is 76.2 Å². The standard InChI is InChI=1S/C53H60N4O14/c1-31(2)57(32(3)4)53(67)68-30-35-20-18-34(19-21-35)27-45(61)69-39-26-33(5)49(70-52-48(64)46(62)47(63)50(71-52)51(65)66)40(28-39)55-43(59)24-25-54-42(58)16-10-11-17-44(60)56-29-38-14-7-6-12-36(38)22-23-37-13-8-9-15-41(37)56/h6-9,12-15,18-21,26,28,31-32,46-48,50,52,62-64H,10-11,16-17,24-25,27,29-30H2,1-5H3,(H,54,58)(H,55,59)(H,65,66). The number of aliphatic hydroxyl groups excluding tert-OH is 3. The molecule has 5 unspecified atom stereocenters. The van der Waals surface area contributed by atoms with Gasteiger partial charge in [-0.2, -0.15) is 0 Å². The summed E-state index contributed by atoms with van der Waals surface area (Å²) >= 11 is 0. The van der Waals surface area contributed by atoms with Crippen LogP contribution in [0.25, 0.3) is 0 Å². The minimum atomic E-state index is -1.98. The van der Waals surface area contributed by atoms with E-state index in [1.54, 1.807) is 34.1 Å². The molecule has 0 radical (unpaired) electrons. The number of carboxylic acids is 1. The number of ether oxygens (including phenoxy) is 4. The summed E-state index contributed by atoms with van der Waals surface area (Å²) in [6.07, 6.45) is -9.40. The van der Waals surface area contributed by atoms with Gasteiger partial charge in [0.25, 0.3) is 0 Å². The Kier molecular flexibility index (Phi) is 18.3. The molecular weight excluding hydrogens is 917 g/mol. The minimum Gasteiger partial charge on any atom is -0.479 e. The first-order chi connectivity index (χ1) is 33.9. The fraction of sp³-hybridized carbons (Fsp3) is 0.396. The van der Waals surface area contributed by atoms with Crippen molar-refractivity contribution in [3.8, 4) is 23.3 Å². The zero-order chi connectivity index (χ0) is 51.4. The summed E-state index contributed by atoms with van der Waals surface area (Å²) in [5.74, 6) is 2.84. The lowest BCUT2D eigenvalue weighted by Gasteiger charge is -2.38. The molecule has 0 spiro atoms. The minimum absolute atomic E-state index is 0.0247. The highest BCUT2D eigenvalue weighted by Gasteiger charge is 2.48. The first kappa shape index (κ1) is 53.1. The van der Waals surface area contributed by atoms with Gasteiger partial charge in [-0.25, -0.2) is 9.59 Å². The number of carboxylic acid groups (broad SMARTS) is 1. The molecule has 6 rings (SSSR count). The molecule has 2 heterocycles. The first-order valence-corrected chi connectivity index (χ1v) is 23.4. The molecule has 0 aliphatic carbocycles. The summed E-state index contributed by atoms with van der Waals surface area (Å²) in [5, 5.41) is 46.3. The van der Waals surface area contributed by atoms with Crippen molar-refractivity contribution in [1.82, 2.24) is 10.2 Å². The molecule has 376 valence electrons. The Morgan fingerprint density at radius 2 is 1.44 bits per heavy atom. The number of anilines is 2. The van der Waals surface area contributed by atoms with E-state index < -0.39 is 54.6 Å². The average Bonchev–Trinajstić information content (AvgIpc) is 3.31. The monoisotopic (exact) mass is 976 g/mol. The Hall–Kier alpha value is -7.30. The van der Waals surface area contributed by atoms with E-state index in [0.29, 0.717) is 30.5 Å². The molecule has 1 fully saturated rings. The zero-order valence-corrected chi connectivity index (χ0v) is 40.3. The third-order valence-corrected chi connectivity index (χ3v) is 11.8. The van der Waals surface area contributed by atoms with Gasteiger partial charge in [-0.3, -0.25) is 19.2 Å². The first-order valence-electron chi connectivity index (χ1n) is 23.4. The summed E-state index contributed by atoms with van der Waals surface area (Å²) < 4.78 is 22.3. The average molecular weight is 977 g/mol. The van der Waals surface area contributed by atoms with Gasteiger partial charge in [0.05, 0.1) is 24.3 Å². The maximum atomic E-state index is 13.6. The maximum absolute atomic E-state index is 13.6. The van der Waals surface area contributed by atoms with E-state index in [1.165, 1.54) is 19.1 Å². The number of benzene rings is 4. The van der Waals surface area contributed by atoms with Crippen molar-refractivity contribution in [2.45, 2.75) is 129 Å². The number of unbranched alkanes of at least 4 members (excludes halogenated alkanes) is 1. The number of hydrogen-bond donors (Lipinski definition) is 6. The van der Waals surface area contributed by atoms with Crippen LogP contribution in [-0.2, 0) is 53.0 Å². The van der Waals surface area contributed by atoms with E-state index >= 15 is 0 Å². The molecule has 18 heteroatoms. The number of amides is 4. The summed E-state index contributed by atoms with van der Waals surface area (Å²) in [4.78, 5) is 80.8. The van der Waals surface area contributed by atoms with Crippen LogP contribution in [0.5, 0.6) is 11.5 Å². The number of esters is 1. The van der Waals surface area contributed by atoms with Gasteiger partial charge in [-0.05, 0) is 94.0 Å². The van der Waals surface area contributed by atoms with E-state index in [2.05, 4.69) is 22.5 Å². The number of para-hydroxylation sites is 1. The molecule has 6 N–H and O–H groups in total. The molecule has 0 saturated carbocycles. The second kappa shape index (κ2) is 24.5. The molecule has 0 aromatic heterocycles. The number of hydrogen-bond acceptors (Lipinski definition) is 13. The molecule has 4 aromatic carbocycles. The van der Waals surface area contributed by atoms with Gasteiger partial charge >= 0.3 is 18.0 Å². The molecular formula is C53H60N4O14. The van der Waals surface area contributed by atoms with Crippen LogP contribution in [0.4, 0.5) is 16.2 Å². The van der Waals surface area contributed by atoms with Crippen LogP contribution in [0, 0.1) is 18.8 Å². The zero-order valence-electron chi connectivity index (χ0n) is 40.3. The predicted molar refractivity (Wildman–Crippen MR) is 259 cm³/mol. The summed E-state index contributed by atoms with van der Waals surface area (Å²) in [6.45, 7) is 9.42. The lowest BCUT2D eigenvalue weighted by molar-refractivity contribution is -0.271. The molecule has 2 aliphatic heterocycles. The molecule has 0 bridgehead atoms. The van der Waals surface area contributed by atoms with Gasteiger partial charge in [0.15, 0.2) is 6.10 Å². The van der Waals surface area contributed by atoms with Crippen LogP contribution >= 0.6 is 0 Å². The number of aryl methyl sites for hydroxylation is 1. The number of nitrogens with zero attached hydrogens (tertiary/aromatic N) is 2. The van der Waals surface area contributed by atoms with Crippen molar-refractivity contribution in [2.75, 3.05) is 16.8 Å². The summed E-state index contributed by atoms with van der Waals surface area (Å²) in [5.41, 5.74) is 4.67. The van der Waals surface area contributed by atoms with Gasteiger partial charge in [0.1, 0.15) is 36.4 Å². The summed E-state index contributed by atoms with van der Waals surface area (Å²) in [6, 6.07) is 24.6. The lowest BCUT2D eigenvalue weighted by Crippen LogP contribution is -2.61. The van der Waals surface area contributed by atoms with Crippen molar-refractivity contribution in [3.63, 3.8) is 0 Å². The van der Waals surface area contributed by atoms with E-state index in [9.17, 15) is 49.2 Å². The highest BCUT2D eigenvalue weighted by molar-refractivity contribution is 5.95. The molecule has 4 amide bonds. The third-order valence-electron chi connectivity index (χ3n) is 11.8. The van der Waals surface area contributed by atoms with Crippen LogP contribution in [0.2, 0.25) is 0 Å². The Morgan fingerprint density at radius 1 is 0.789 bits per heavy atom. The van der Waals surface area contributed by atoms with Crippen molar-refractivity contribution >= 4 is 47.1 Å². The van der Waals surface area contributed by atoms with E-state index in [4.69, 9.17) is 18.9 Å². The van der Waals surface area contributed by atoms with Crippen molar-refractivity contribution in [3.05, 3.63) is 118 Å². The lowest BCUT2D eigenvalue weighted by atomic mass is 9.99. The number of carbonyl (C=O) groups is 6. The van der Waals surface area contributed by atoms with Gasteiger partial charge in [0, 0.05) is 55.1 Å². The molecule has 5 atom stereocenters. The molecule has 2 aliphatic rings. The van der Waals surface area contributed by atoms with Crippen LogP contribution in [0.15, 0.2) is 84.9 Å². The normalized spacial score (nSPS) is 18.1. The Morgan fingerprint density at radius 3 is 2.14 bits per heavy atom. The molecule has 18 nitrogen and oxygen atoms in total. The van der Waals surface area contributed by atoms with E-state index in [-0.39, 0.29) is 85.5 Å². The van der Waals surface area contributed by atoms with Crippen molar-refractivity contribution in [1.29, 1.82) is 0 Å². The molecule has 1 saturated heterocycles. The Bertz CT molecular complexity index is 2630. The fourth-order valence-electron chi connectivity index (χ4n) is 8.16. The number of nitrogens with one attached hydrogen (secondary N) is 2. The van der Waals surface area contributed by atoms with Crippen LogP contribution in [0.1, 0.15) is 93.2 Å². The topological polar surface area (TPSA) is 251 Å². The van der Waals surface area contributed by atoms with Crippen LogP contribution in [-0.4, -0.2) is 110 Å². The number of aliphatic carboxylic acids is 1. The number of carbonyl (C=O) groups excluding carboxylic acids is 5. The van der Waals surface area contributed by atoms with Gasteiger partial charge in [-0.1, -0.05) is 66.4 Å². The quantitative estimate of drug-likeness (QED) is 0.0309. The second-order valence-electron chi connectivity index (χ2n) is 17.8. The maximum Gasteiger partial charge on any atom is 0.410 e. The molecule has 4 aromatic rings. The fourth-order valence-corrected chi connectivity index (χ4v) is 8.16. The number of rotatable bonds is 19. The third kappa shape index (κ3) is 14.2. The second-order valence-corrected chi connectivity index (χ2v) is 17.8. The number of aliphatic hydroxyl groups is 3. The predicted octanol–water partition coefficient (Wildman–Crippen LogP) is 5.12. The van der Waals surface area contributed by atoms with Crippen LogP contribution in [0.3, 0.4) is 0 Å². The summed E-state index contributed by atoms with van der Waals surface area (Å²) in [7, 11) is 0. The molecule has 71 heavy (non-hydrogen) atoms. The van der Waals surface area contributed by atoms with Crippen molar-refractivity contribution < 1.29 is 68.1 Å². The highest BCUT2D eigenvalue weighted by atomic mass is 16.7. The number of fused-ring (bicyclic) bond motifs is 2. The van der Waals surface area contributed by atoms with Crippen molar-refractivity contribution in [2.24, 2.45) is 0 Å². The largest absolute Gasteiger partial charge is 0.479 e. The SMILES string of the molecule is Cc1cc(OC(=O)Cc2ccc(COC(=O)N(C(C)C)C(C)C)cc2)cc(NC(=O)CCNC(=O)CCCCC(=O)N2Cc3ccccc3C#Cc3ccccc32)c1OC1OC(C(=O)O)C(O)C(O)C1O. The highest BCUT2D eigenvalue weighted by Crippen LogP contribution is 2.37. The Labute approximate surface area is 411 Å². The van der Waals surface area contributed by atoms with Crippen LogP contribution < -0.4 is 25.0 Å².